The van der Waals surface area contributed by atoms with Gasteiger partial charge in [0.2, 0.25) is 0 Å². The van der Waals surface area contributed by atoms with Crippen molar-refractivity contribution in [2.24, 2.45) is 17.3 Å². The molecular weight excluding hydrogens is 497 g/mol. The fraction of sp³-hybridized carbons (Fsp3) is 0.529. The van der Waals surface area contributed by atoms with Crippen LogP contribution in [0.2, 0.25) is 0 Å². The molecule has 0 amide bonds. The standard InChI is InChI=1S/C34H43F3O2/c1-5-7-29(38)26-14-12-25(13-15-26)28-19-21-34(4,33(37)32(28)36)20-18-23-8-10-24(11-9-23)27-16-17-30(39-6-2)31(35)22(27)3/h10,12,14-17,19,23,25,29,38H,5-9,11,13,18,20-21H2,1-4H3/t23?,25?,29?,34-/m0/s1. The SMILES string of the molecule is CCCC(O)C1=CCC(C2=CC[C@](C)(CCC3CC=C(c4ccc(OCC)c(F)c4C)CC3)C(F)=C2F)C=C1. The van der Waals surface area contributed by atoms with E-state index >= 15 is 8.78 Å². The number of benzene rings is 1. The Labute approximate surface area is 232 Å². The topological polar surface area (TPSA) is 29.5 Å². The predicted molar refractivity (Wildman–Crippen MR) is 153 cm³/mol. The third-order valence-corrected chi connectivity index (χ3v) is 8.84. The molecule has 3 aliphatic carbocycles. The number of ether oxygens (including phenoxy) is 1. The van der Waals surface area contributed by atoms with E-state index in [4.69, 9.17) is 4.74 Å². The van der Waals surface area contributed by atoms with E-state index in [9.17, 15) is 9.50 Å². The minimum atomic E-state index is -0.830. The van der Waals surface area contributed by atoms with Gasteiger partial charge in [0, 0.05) is 11.3 Å². The smallest absolute Gasteiger partial charge is 0.168 e. The van der Waals surface area contributed by atoms with Crippen LogP contribution in [0.4, 0.5) is 13.2 Å². The molecule has 212 valence electrons. The van der Waals surface area contributed by atoms with E-state index < -0.39 is 23.2 Å². The van der Waals surface area contributed by atoms with Crippen LogP contribution in [-0.4, -0.2) is 17.8 Å². The molecule has 1 N–H and O–H groups in total. The molecule has 0 spiro atoms. The van der Waals surface area contributed by atoms with Crippen molar-refractivity contribution >= 4 is 5.57 Å². The van der Waals surface area contributed by atoms with Gasteiger partial charge in [0.05, 0.1) is 12.7 Å². The third-order valence-electron chi connectivity index (χ3n) is 8.84. The van der Waals surface area contributed by atoms with Crippen molar-refractivity contribution in [3.63, 3.8) is 0 Å². The molecule has 3 aliphatic rings. The van der Waals surface area contributed by atoms with Crippen molar-refractivity contribution in [1.29, 1.82) is 0 Å². The van der Waals surface area contributed by atoms with Crippen molar-refractivity contribution in [3.05, 3.63) is 82.3 Å². The zero-order valence-corrected chi connectivity index (χ0v) is 23.8. The quantitative estimate of drug-likeness (QED) is 0.320. The summed E-state index contributed by atoms with van der Waals surface area (Å²) < 4.78 is 50.9. The van der Waals surface area contributed by atoms with Crippen LogP contribution >= 0.6 is 0 Å². The fourth-order valence-electron chi connectivity index (χ4n) is 6.18. The van der Waals surface area contributed by atoms with Gasteiger partial charge in [0.25, 0.3) is 0 Å². The Morgan fingerprint density at radius 3 is 2.54 bits per heavy atom. The predicted octanol–water partition coefficient (Wildman–Crippen LogP) is 9.65. The maximum absolute atomic E-state index is 15.5. The summed E-state index contributed by atoms with van der Waals surface area (Å²) in [6.45, 7) is 7.93. The van der Waals surface area contributed by atoms with Crippen LogP contribution in [0.1, 0.15) is 89.7 Å². The highest BCUT2D eigenvalue weighted by molar-refractivity contribution is 5.69. The third kappa shape index (κ3) is 6.45. The van der Waals surface area contributed by atoms with Crippen molar-refractivity contribution in [3.8, 4) is 5.75 Å². The largest absolute Gasteiger partial charge is 0.491 e. The number of halogens is 3. The van der Waals surface area contributed by atoms with Gasteiger partial charge < -0.3 is 9.84 Å². The highest BCUT2D eigenvalue weighted by atomic mass is 19.2. The maximum atomic E-state index is 15.5. The highest BCUT2D eigenvalue weighted by Crippen LogP contribution is 2.48. The Morgan fingerprint density at radius 2 is 1.90 bits per heavy atom. The number of hydrogen-bond donors (Lipinski definition) is 1. The normalized spacial score (nSPS) is 26.2. The second-order valence-corrected chi connectivity index (χ2v) is 11.7. The molecule has 0 saturated carbocycles. The van der Waals surface area contributed by atoms with Gasteiger partial charge in [0.1, 0.15) is 5.83 Å². The van der Waals surface area contributed by atoms with E-state index in [1.807, 2.05) is 51.1 Å². The minimum absolute atomic E-state index is 0.198. The van der Waals surface area contributed by atoms with Crippen molar-refractivity contribution in [2.45, 2.75) is 91.6 Å². The summed E-state index contributed by atoms with van der Waals surface area (Å²) in [6.07, 6.45) is 16.0. The molecule has 4 rings (SSSR count). The zero-order valence-electron chi connectivity index (χ0n) is 23.8. The molecule has 0 radical (unpaired) electrons. The van der Waals surface area contributed by atoms with Crippen molar-refractivity contribution < 1.29 is 23.0 Å². The second-order valence-electron chi connectivity index (χ2n) is 11.7. The monoisotopic (exact) mass is 540 g/mol. The molecule has 0 aromatic heterocycles. The Balaban J connectivity index is 1.35. The van der Waals surface area contributed by atoms with E-state index in [0.717, 1.165) is 48.8 Å². The molecule has 3 unspecified atom stereocenters. The summed E-state index contributed by atoms with van der Waals surface area (Å²) in [4.78, 5) is 0. The lowest BCUT2D eigenvalue weighted by Crippen LogP contribution is -2.24. The molecule has 0 aliphatic heterocycles. The number of aliphatic hydroxyl groups excluding tert-OH is 1. The van der Waals surface area contributed by atoms with Crippen LogP contribution in [0.3, 0.4) is 0 Å². The average molecular weight is 541 g/mol. The fourth-order valence-corrected chi connectivity index (χ4v) is 6.18. The molecule has 0 bridgehead atoms. The van der Waals surface area contributed by atoms with E-state index in [1.54, 1.807) is 13.0 Å². The number of hydrogen-bond acceptors (Lipinski definition) is 2. The summed E-state index contributed by atoms with van der Waals surface area (Å²) in [7, 11) is 0. The van der Waals surface area contributed by atoms with Crippen LogP contribution < -0.4 is 4.74 Å². The van der Waals surface area contributed by atoms with Gasteiger partial charge in [-0.05, 0) is 105 Å². The highest BCUT2D eigenvalue weighted by Gasteiger charge is 2.38. The minimum Gasteiger partial charge on any atom is -0.491 e. The van der Waals surface area contributed by atoms with Crippen molar-refractivity contribution in [2.75, 3.05) is 6.61 Å². The first kappa shape index (κ1) is 29.5. The second kappa shape index (κ2) is 12.8. The van der Waals surface area contributed by atoms with Gasteiger partial charge in [-0.25, -0.2) is 13.2 Å². The molecule has 39 heavy (non-hydrogen) atoms. The van der Waals surface area contributed by atoms with Gasteiger partial charge >= 0.3 is 0 Å². The number of allylic oxidation sites excluding steroid dienone is 8. The van der Waals surface area contributed by atoms with Crippen LogP contribution in [0, 0.1) is 30.0 Å². The Morgan fingerprint density at radius 1 is 1.10 bits per heavy atom. The summed E-state index contributed by atoms with van der Waals surface area (Å²) in [5.41, 5.74) is 3.17. The molecule has 1 aromatic carbocycles. The van der Waals surface area contributed by atoms with E-state index in [2.05, 4.69) is 6.08 Å². The van der Waals surface area contributed by atoms with Crippen LogP contribution in [-0.2, 0) is 0 Å². The molecule has 0 saturated heterocycles. The first-order valence-corrected chi connectivity index (χ1v) is 14.6. The molecule has 5 heteroatoms. The molecule has 0 fully saturated rings. The first-order chi connectivity index (χ1) is 18.7. The first-order valence-electron chi connectivity index (χ1n) is 14.6. The summed E-state index contributed by atoms with van der Waals surface area (Å²) in [6, 6.07) is 3.65. The lowest BCUT2D eigenvalue weighted by Gasteiger charge is -2.34. The van der Waals surface area contributed by atoms with E-state index in [1.165, 1.54) is 0 Å². The molecule has 4 atom stereocenters. The van der Waals surface area contributed by atoms with Crippen LogP contribution in [0.15, 0.2) is 65.3 Å². The van der Waals surface area contributed by atoms with E-state index in [0.29, 0.717) is 55.1 Å². The van der Waals surface area contributed by atoms with Gasteiger partial charge in [-0.1, -0.05) is 56.7 Å². The molecular formula is C34H43F3O2. The summed E-state index contributed by atoms with van der Waals surface area (Å²) >= 11 is 0. The number of rotatable bonds is 10. The van der Waals surface area contributed by atoms with E-state index in [-0.39, 0.29) is 11.7 Å². The molecule has 1 aromatic rings. The Bertz CT molecular complexity index is 1210. The number of aliphatic hydroxyl groups is 1. The Hall–Kier alpha value is -2.53. The lowest BCUT2D eigenvalue weighted by atomic mass is 9.72. The van der Waals surface area contributed by atoms with Crippen molar-refractivity contribution in [1.82, 2.24) is 0 Å². The average Bonchev–Trinajstić information content (AvgIpc) is 2.94. The van der Waals surface area contributed by atoms with Crippen LogP contribution in [0.25, 0.3) is 5.57 Å². The summed E-state index contributed by atoms with van der Waals surface area (Å²) in [5, 5.41) is 10.2. The molecule has 2 nitrogen and oxygen atoms in total. The lowest BCUT2D eigenvalue weighted by molar-refractivity contribution is 0.202. The van der Waals surface area contributed by atoms with Gasteiger partial charge in [-0.15, -0.1) is 0 Å². The molecule has 0 heterocycles. The van der Waals surface area contributed by atoms with Crippen LogP contribution in [0.5, 0.6) is 5.75 Å². The summed E-state index contributed by atoms with van der Waals surface area (Å²) in [5.74, 6) is -1.13. The maximum Gasteiger partial charge on any atom is 0.168 e. The van der Waals surface area contributed by atoms with Gasteiger partial charge in [-0.3, -0.25) is 0 Å². The Kier molecular flexibility index (Phi) is 9.64. The van der Waals surface area contributed by atoms with Gasteiger partial charge in [0.15, 0.2) is 17.4 Å². The van der Waals surface area contributed by atoms with Gasteiger partial charge in [-0.2, -0.15) is 0 Å². The zero-order chi connectivity index (χ0) is 28.2.